The molecule has 3 rings (SSSR count). The third kappa shape index (κ3) is 3.13. The second kappa shape index (κ2) is 6.05. The van der Waals surface area contributed by atoms with Crippen molar-refractivity contribution in [2.75, 3.05) is 6.61 Å². The molecular weight excluding hydrogens is 337 g/mol. The van der Waals surface area contributed by atoms with Crippen molar-refractivity contribution in [3.8, 4) is 0 Å². The summed E-state index contributed by atoms with van der Waals surface area (Å²) < 4.78 is 48.7. The van der Waals surface area contributed by atoms with E-state index in [1.165, 1.54) is 0 Å². The van der Waals surface area contributed by atoms with Crippen molar-refractivity contribution in [3.63, 3.8) is 0 Å². The smallest absolute Gasteiger partial charge is 0.417 e. The van der Waals surface area contributed by atoms with Crippen LogP contribution in [0.1, 0.15) is 41.4 Å². The molecule has 2 aromatic rings. The third-order valence-corrected chi connectivity index (χ3v) is 4.71. The van der Waals surface area contributed by atoms with E-state index in [2.05, 4.69) is 0 Å². The summed E-state index contributed by atoms with van der Waals surface area (Å²) in [5.74, 6) is -0.283. The number of benzene rings is 1. The maximum absolute atomic E-state index is 12.7. The Kier molecular flexibility index (Phi) is 4.31. The average Bonchev–Trinajstić information content (AvgIpc) is 2.79. The minimum absolute atomic E-state index is 0.239. The summed E-state index contributed by atoms with van der Waals surface area (Å²) in [4.78, 5) is 12.1. The minimum Gasteiger partial charge on any atom is -0.462 e. The van der Waals surface area contributed by atoms with Gasteiger partial charge in [0.15, 0.2) is 5.60 Å². The van der Waals surface area contributed by atoms with Crippen molar-refractivity contribution in [1.82, 2.24) is 0 Å². The molecule has 136 valence electrons. The fourth-order valence-electron chi connectivity index (χ4n) is 3.46. The number of aliphatic hydroxyl groups is 1. The molecule has 1 N–H and O–H groups in total. The number of ether oxygens (including phenoxy) is 1. The van der Waals surface area contributed by atoms with Crippen molar-refractivity contribution in [2.45, 2.75) is 44.9 Å². The first-order valence-corrected chi connectivity index (χ1v) is 8.13. The van der Waals surface area contributed by atoms with Gasteiger partial charge in [-0.3, -0.25) is 0 Å². The van der Waals surface area contributed by atoms with Crippen LogP contribution in [0.4, 0.5) is 13.2 Å². The Morgan fingerprint density at radius 2 is 2.08 bits per heavy atom. The second-order valence-corrected chi connectivity index (χ2v) is 6.59. The second-order valence-electron chi connectivity index (χ2n) is 6.59. The number of rotatable bonds is 4. The van der Waals surface area contributed by atoms with Gasteiger partial charge in [-0.1, -0.05) is 6.07 Å². The van der Waals surface area contributed by atoms with Crippen LogP contribution < -0.4 is 0 Å². The zero-order valence-corrected chi connectivity index (χ0v) is 13.9. The number of esters is 1. The summed E-state index contributed by atoms with van der Waals surface area (Å²) in [6.45, 7) is 3.61. The van der Waals surface area contributed by atoms with Crippen molar-refractivity contribution in [1.29, 1.82) is 0 Å². The van der Waals surface area contributed by atoms with Gasteiger partial charge in [0.1, 0.15) is 16.9 Å². The van der Waals surface area contributed by atoms with Crippen LogP contribution >= 0.6 is 0 Å². The Morgan fingerprint density at radius 1 is 1.40 bits per heavy atom. The molecule has 0 amide bonds. The highest BCUT2D eigenvalue weighted by atomic mass is 19.4. The maximum Gasteiger partial charge on any atom is 0.417 e. The number of fused-ring (bicyclic) bond motifs is 1. The first-order valence-electron chi connectivity index (χ1n) is 8.13. The van der Waals surface area contributed by atoms with Crippen molar-refractivity contribution < 1.29 is 32.2 Å². The molecule has 25 heavy (non-hydrogen) atoms. The summed E-state index contributed by atoms with van der Waals surface area (Å²) in [7, 11) is 0. The molecule has 4 nitrogen and oxygen atoms in total. The molecule has 1 fully saturated rings. The minimum atomic E-state index is -4.59. The van der Waals surface area contributed by atoms with E-state index in [1.54, 1.807) is 32.0 Å². The Balaban J connectivity index is 1.80. The Morgan fingerprint density at radius 3 is 2.68 bits per heavy atom. The van der Waals surface area contributed by atoms with Gasteiger partial charge in [0.2, 0.25) is 0 Å². The number of hydrogen-bond acceptors (Lipinski definition) is 4. The standard InChI is InChI=1S/C18H19F3O4/c1-3-24-16(22)15-10(2)25-14-5-4-11(7-13(14)15)6-12-8-17(23,9-12)18(19,20)21/h4-5,7,12,23H,3,6,8-9H2,1-2H3. The number of carbonyl (C=O) groups excluding carboxylic acids is 1. The van der Waals surface area contributed by atoms with E-state index in [-0.39, 0.29) is 25.4 Å². The molecule has 0 aliphatic heterocycles. The summed E-state index contributed by atoms with van der Waals surface area (Å²) in [5.41, 5.74) is -0.888. The van der Waals surface area contributed by atoms with Crippen molar-refractivity contribution in [3.05, 3.63) is 35.1 Å². The van der Waals surface area contributed by atoms with Gasteiger partial charge in [-0.25, -0.2) is 4.79 Å². The van der Waals surface area contributed by atoms with E-state index >= 15 is 0 Å². The molecule has 0 saturated heterocycles. The average molecular weight is 356 g/mol. The summed E-state index contributed by atoms with van der Waals surface area (Å²) in [5, 5.41) is 10.1. The van der Waals surface area contributed by atoms with Gasteiger partial charge in [0.05, 0.1) is 6.61 Å². The lowest BCUT2D eigenvalue weighted by Crippen LogP contribution is -2.55. The zero-order valence-electron chi connectivity index (χ0n) is 13.9. The molecule has 7 heteroatoms. The maximum atomic E-state index is 12.7. The number of aryl methyl sites for hydroxylation is 1. The van der Waals surface area contributed by atoms with E-state index in [1.807, 2.05) is 0 Å². The summed E-state index contributed by atoms with van der Waals surface area (Å²) >= 11 is 0. The fourth-order valence-corrected chi connectivity index (χ4v) is 3.46. The molecule has 1 heterocycles. The van der Waals surface area contributed by atoms with Crippen LogP contribution in [0.25, 0.3) is 11.0 Å². The highest BCUT2D eigenvalue weighted by molar-refractivity contribution is 6.04. The normalized spacial score (nSPS) is 23.5. The van der Waals surface area contributed by atoms with Crippen molar-refractivity contribution >= 4 is 16.9 Å². The van der Waals surface area contributed by atoms with Gasteiger partial charge in [-0.05, 0) is 56.7 Å². The van der Waals surface area contributed by atoms with Gasteiger partial charge >= 0.3 is 12.1 Å². The molecule has 0 radical (unpaired) electrons. The predicted molar refractivity (Wildman–Crippen MR) is 84.3 cm³/mol. The van der Waals surface area contributed by atoms with Crippen LogP contribution in [0.5, 0.6) is 0 Å². The third-order valence-electron chi connectivity index (χ3n) is 4.71. The van der Waals surface area contributed by atoms with E-state index in [9.17, 15) is 23.1 Å². The largest absolute Gasteiger partial charge is 0.462 e. The van der Waals surface area contributed by atoms with E-state index < -0.39 is 17.7 Å². The molecule has 0 unspecified atom stereocenters. The predicted octanol–water partition coefficient (Wildman–Crippen LogP) is 4.16. The Bertz CT molecular complexity index is 800. The van der Waals surface area contributed by atoms with Crippen LogP contribution in [0, 0.1) is 12.8 Å². The molecule has 0 spiro atoms. The van der Waals surface area contributed by atoms with Crippen LogP contribution in [-0.2, 0) is 11.2 Å². The molecule has 0 bridgehead atoms. The van der Waals surface area contributed by atoms with E-state index in [4.69, 9.17) is 9.15 Å². The lowest BCUT2D eigenvalue weighted by atomic mass is 9.68. The summed E-state index contributed by atoms with van der Waals surface area (Å²) in [6.07, 6.45) is -4.79. The Hall–Kier alpha value is -2.02. The van der Waals surface area contributed by atoms with E-state index in [0.717, 1.165) is 5.56 Å². The molecule has 1 aliphatic carbocycles. The quantitative estimate of drug-likeness (QED) is 0.836. The molecule has 1 aromatic heterocycles. The number of hydrogen-bond donors (Lipinski definition) is 1. The van der Waals surface area contributed by atoms with Crippen LogP contribution in [0.3, 0.4) is 0 Å². The number of furan rings is 1. The van der Waals surface area contributed by atoms with Gasteiger partial charge in [0.25, 0.3) is 0 Å². The van der Waals surface area contributed by atoms with Gasteiger partial charge < -0.3 is 14.3 Å². The molecule has 1 saturated carbocycles. The monoisotopic (exact) mass is 356 g/mol. The van der Waals surface area contributed by atoms with Gasteiger partial charge in [-0.15, -0.1) is 0 Å². The van der Waals surface area contributed by atoms with Crippen molar-refractivity contribution in [2.24, 2.45) is 5.92 Å². The topological polar surface area (TPSA) is 59.7 Å². The fraction of sp³-hybridized carbons (Fsp3) is 0.500. The molecule has 1 aliphatic rings. The molecular formula is C18H19F3O4. The van der Waals surface area contributed by atoms with E-state index in [0.29, 0.717) is 28.7 Å². The van der Waals surface area contributed by atoms with Gasteiger partial charge in [-0.2, -0.15) is 13.2 Å². The molecule has 1 aromatic carbocycles. The van der Waals surface area contributed by atoms with Crippen LogP contribution in [-0.4, -0.2) is 29.5 Å². The number of alkyl halides is 3. The Labute approximate surface area is 142 Å². The van der Waals surface area contributed by atoms with Crippen LogP contribution in [0.2, 0.25) is 0 Å². The SMILES string of the molecule is CCOC(=O)c1c(C)oc2ccc(CC3CC(O)(C(F)(F)F)C3)cc12. The summed E-state index contributed by atoms with van der Waals surface area (Å²) in [6, 6.07) is 5.23. The number of halogens is 3. The molecule has 0 atom stereocenters. The van der Waals surface area contributed by atoms with Crippen LogP contribution in [0.15, 0.2) is 22.6 Å². The first kappa shape index (κ1) is 17.8. The lowest BCUT2D eigenvalue weighted by molar-refractivity contribution is -0.298. The lowest BCUT2D eigenvalue weighted by Gasteiger charge is -2.44. The van der Waals surface area contributed by atoms with Gasteiger partial charge in [0, 0.05) is 5.39 Å². The highest BCUT2D eigenvalue weighted by Gasteiger charge is 2.60. The first-order chi connectivity index (χ1) is 11.6. The number of carbonyl (C=O) groups is 1. The zero-order chi connectivity index (χ0) is 18.4. The highest BCUT2D eigenvalue weighted by Crippen LogP contribution is 2.49.